The molecule has 0 saturated carbocycles. The molecule has 2 bridgehead atoms. The molecule has 28 heavy (non-hydrogen) atoms. The van der Waals surface area contributed by atoms with Crippen LogP contribution in [0.15, 0.2) is 29.3 Å². The van der Waals surface area contributed by atoms with Crippen molar-refractivity contribution in [2.45, 2.75) is 50.6 Å². The number of piperidine rings is 1. The molecule has 1 N–H and O–H groups in total. The van der Waals surface area contributed by atoms with Crippen LogP contribution in [-0.2, 0) is 20.7 Å². The summed E-state index contributed by atoms with van der Waals surface area (Å²) in [5, 5.41) is 1.33. The van der Waals surface area contributed by atoms with Gasteiger partial charge in [0.05, 0.1) is 12.6 Å². The van der Waals surface area contributed by atoms with Gasteiger partial charge in [0, 0.05) is 41.3 Å². The Morgan fingerprint density at radius 3 is 3.14 bits per heavy atom. The van der Waals surface area contributed by atoms with Crippen LogP contribution in [-0.4, -0.2) is 53.1 Å². The van der Waals surface area contributed by atoms with Gasteiger partial charge in [0.15, 0.2) is 6.23 Å². The minimum atomic E-state index is -0.470. The maximum absolute atomic E-state index is 12.7. The van der Waals surface area contributed by atoms with E-state index < -0.39 is 11.8 Å². The minimum absolute atomic E-state index is 0.0997. The Hall–Kier alpha value is -2.18. The van der Waals surface area contributed by atoms with E-state index >= 15 is 0 Å². The van der Waals surface area contributed by atoms with Gasteiger partial charge in [-0.25, -0.2) is 0 Å². The van der Waals surface area contributed by atoms with Gasteiger partial charge in [-0.05, 0) is 38.3 Å². The summed E-state index contributed by atoms with van der Waals surface area (Å²) in [5.74, 6) is -0.364. The van der Waals surface area contributed by atoms with Crippen molar-refractivity contribution in [3.8, 4) is 0 Å². The van der Waals surface area contributed by atoms with Gasteiger partial charge < -0.3 is 14.5 Å². The highest BCUT2D eigenvalue weighted by Gasteiger charge is 2.67. The molecule has 146 valence electrons. The van der Waals surface area contributed by atoms with Crippen LogP contribution < -0.4 is 0 Å². The first-order valence-corrected chi connectivity index (χ1v) is 10.4. The van der Waals surface area contributed by atoms with E-state index in [0.29, 0.717) is 6.61 Å². The van der Waals surface area contributed by atoms with Crippen molar-refractivity contribution in [2.75, 3.05) is 13.2 Å². The second kappa shape index (κ2) is 5.67. The number of benzene rings is 1. The van der Waals surface area contributed by atoms with Gasteiger partial charge in [-0.3, -0.25) is 14.7 Å². The molecule has 1 aromatic heterocycles. The van der Waals surface area contributed by atoms with Crippen molar-refractivity contribution < 1.29 is 14.3 Å². The fraction of sp³-hybridized carbons (Fsp3) is 0.545. The summed E-state index contributed by atoms with van der Waals surface area (Å²) in [6.07, 6.45) is 3.51. The van der Waals surface area contributed by atoms with Crippen LogP contribution in [0.1, 0.15) is 37.6 Å². The van der Waals surface area contributed by atoms with E-state index in [-0.39, 0.29) is 29.9 Å². The minimum Gasteiger partial charge on any atom is -0.466 e. The molecule has 5 heterocycles. The van der Waals surface area contributed by atoms with Gasteiger partial charge in [-0.15, -0.1) is 0 Å². The zero-order chi connectivity index (χ0) is 19.0. The Bertz CT molecular complexity index is 998. The van der Waals surface area contributed by atoms with Gasteiger partial charge in [-0.1, -0.05) is 18.2 Å². The first-order chi connectivity index (χ1) is 13.6. The zero-order valence-electron chi connectivity index (χ0n) is 16.2. The Morgan fingerprint density at radius 1 is 1.43 bits per heavy atom. The maximum atomic E-state index is 12.7. The molecule has 6 rings (SSSR count). The van der Waals surface area contributed by atoms with E-state index in [1.807, 2.05) is 13.1 Å². The number of fused-ring (bicyclic) bond motifs is 6. The summed E-state index contributed by atoms with van der Waals surface area (Å²) < 4.78 is 11.8. The number of ether oxygens (including phenoxy) is 2. The average Bonchev–Trinajstić information content (AvgIpc) is 3.38. The molecule has 2 fully saturated rings. The number of rotatable bonds is 2. The quantitative estimate of drug-likeness (QED) is 0.815. The highest BCUT2D eigenvalue weighted by atomic mass is 16.6. The van der Waals surface area contributed by atoms with E-state index in [1.165, 1.54) is 22.2 Å². The highest BCUT2D eigenvalue weighted by molar-refractivity contribution is 5.86. The number of hydrogen-bond donors (Lipinski definition) is 1. The average molecular weight is 379 g/mol. The summed E-state index contributed by atoms with van der Waals surface area (Å²) >= 11 is 0. The normalized spacial score (nSPS) is 38.3. The first kappa shape index (κ1) is 16.7. The summed E-state index contributed by atoms with van der Waals surface area (Å²) in [7, 11) is 0. The number of nitrogens with one attached hydrogen (secondary N) is 1. The molecular formula is C22H25N3O3. The highest BCUT2D eigenvalue weighted by Crippen LogP contribution is 2.57. The zero-order valence-corrected chi connectivity index (χ0v) is 16.2. The second-order valence-corrected chi connectivity index (χ2v) is 8.50. The number of carbonyl (C=O) groups is 1. The topological polar surface area (TPSA) is 66.9 Å². The molecule has 6 nitrogen and oxygen atoms in total. The number of aromatic nitrogens is 1. The van der Waals surface area contributed by atoms with Crippen LogP contribution in [0, 0.1) is 11.8 Å². The Morgan fingerprint density at radius 2 is 2.29 bits per heavy atom. The van der Waals surface area contributed by atoms with Crippen molar-refractivity contribution in [3.05, 3.63) is 35.5 Å². The summed E-state index contributed by atoms with van der Waals surface area (Å²) in [6.45, 7) is 5.48. The lowest BCUT2D eigenvalue weighted by Crippen LogP contribution is -2.62. The fourth-order valence-electron chi connectivity index (χ4n) is 6.21. The second-order valence-electron chi connectivity index (χ2n) is 8.50. The van der Waals surface area contributed by atoms with Gasteiger partial charge in [-0.2, -0.15) is 0 Å². The third-order valence-electron chi connectivity index (χ3n) is 7.45. The molecule has 4 aliphatic heterocycles. The van der Waals surface area contributed by atoms with Crippen LogP contribution in [0.4, 0.5) is 0 Å². The van der Waals surface area contributed by atoms with E-state index in [1.54, 1.807) is 0 Å². The number of nitrogens with zero attached hydrogens (tertiary/aromatic N) is 2. The predicted molar refractivity (Wildman–Crippen MR) is 105 cm³/mol. The lowest BCUT2D eigenvalue weighted by molar-refractivity contribution is -0.151. The molecule has 0 radical (unpaired) electrons. The monoisotopic (exact) mass is 379 g/mol. The van der Waals surface area contributed by atoms with Crippen LogP contribution in [0.25, 0.3) is 10.9 Å². The van der Waals surface area contributed by atoms with Crippen LogP contribution in [0.3, 0.4) is 0 Å². The van der Waals surface area contributed by atoms with Crippen LogP contribution >= 0.6 is 0 Å². The van der Waals surface area contributed by atoms with E-state index in [2.05, 4.69) is 46.1 Å². The number of carbonyl (C=O) groups excluding carboxylic acids is 1. The number of hydrogen-bond acceptors (Lipinski definition) is 5. The third-order valence-corrected chi connectivity index (χ3v) is 7.45. The van der Waals surface area contributed by atoms with Crippen LogP contribution in [0.5, 0.6) is 0 Å². The van der Waals surface area contributed by atoms with Gasteiger partial charge >= 0.3 is 5.97 Å². The molecule has 0 amide bonds. The molecular weight excluding hydrogens is 354 g/mol. The van der Waals surface area contributed by atoms with Gasteiger partial charge in [0.25, 0.3) is 0 Å². The smallest absolute Gasteiger partial charge is 0.314 e. The van der Waals surface area contributed by atoms with Crippen LogP contribution in [0.2, 0.25) is 0 Å². The number of aromatic amines is 1. The largest absolute Gasteiger partial charge is 0.466 e. The maximum Gasteiger partial charge on any atom is 0.314 e. The molecule has 1 aromatic carbocycles. The summed E-state index contributed by atoms with van der Waals surface area (Å²) in [6, 6.07) is 9.00. The standard InChI is InChI=1S/C22H25N3O3/c1-3-27-21(26)18-15-10-17-19-14(13-6-4-5-7-16(13)24-19)8-9-25(17)12(2)22(15)11-23-20(18)28-22/h4-7,11-12,15,17-18,20,24H,3,8-10H2,1-2H3/t12-,15+,17-,18+,20-,22-/m0/s1. The molecule has 6 atom stereocenters. The van der Waals surface area contributed by atoms with E-state index in [9.17, 15) is 4.79 Å². The molecule has 2 aromatic rings. The molecule has 6 heteroatoms. The number of esters is 1. The van der Waals surface area contributed by atoms with Crippen molar-refractivity contribution in [1.82, 2.24) is 9.88 Å². The van der Waals surface area contributed by atoms with Crippen molar-refractivity contribution in [1.29, 1.82) is 0 Å². The first-order valence-electron chi connectivity index (χ1n) is 10.4. The number of aliphatic imine (C=N–C) groups is 1. The predicted octanol–water partition coefficient (Wildman–Crippen LogP) is 2.83. The van der Waals surface area contributed by atoms with Crippen molar-refractivity contribution >= 4 is 23.1 Å². The lowest BCUT2D eigenvalue weighted by atomic mass is 9.67. The number of H-pyrrole nitrogens is 1. The molecule has 1 spiro atoms. The van der Waals surface area contributed by atoms with Gasteiger partial charge in [0.2, 0.25) is 0 Å². The Kier molecular flexibility index (Phi) is 3.39. The van der Waals surface area contributed by atoms with E-state index in [0.717, 1.165) is 19.4 Å². The molecule has 0 unspecified atom stereocenters. The summed E-state index contributed by atoms with van der Waals surface area (Å²) in [4.78, 5) is 23.5. The lowest BCUT2D eigenvalue weighted by Gasteiger charge is -2.53. The molecule has 2 saturated heterocycles. The van der Waals surface area contributed by atoms with Crippen molar-refractivity contribution in [3.63, 3.8) is 0 Å². The third kappa shape index (κ3) is 1.95. The Labute approximate surface area is 163 Å². The summed E-state index contributed by atoms with van der Waals surface area (Å²) in [5.41, 5.74) is 3.49. The molecule has 0 aliphatic carbocycles. The van der Waals surface area contributed by atoms with Gasteiger partial charge in [0.1, 0.15) is 11.5 Å². The SMILES string of the molecule is CCOC(=O)[C@@H]1[C@H]2C[C@H]3c4[nH]c5ccccc5c4CCN3[C@@H](C)[C@@]23C=N[C@H]1O3. The Balaban J connectivity index is 1.44. The number of para-hydroxylation sites is 1. The van der Waals surface area contributed by atoms with E-state index in [4.69, 9.17) is 9.47 Å². The fourth-order valence-corrected chi connectivity index (χ4v) is 6.21. The van der Waals surface area contributed by atoms with Crippen molar-refractivity contribution in [2.24, 2.45) is 16.8 Å². The molecule has 4 aliphatic rings.